The van der Waals surface area contributed by atoms with E-state index in [2.05, 4.69) is 83.0 Å². The van der Waals surface area contributed by atoms with E-state index in [0.29, 0.717) is 0 Å². The van der Waals surface area contributed by atoms with E-state index in [1.165, 1.54) is 33.4 Å². The summed E-state index contributed by atoms with van der Waals surface area (Å²) in [5.74, 6) is 0. The summed E-state index contributed by atoms with van der Waals surface area (Å²) >= 11 is -3.51. The van der Waals surface area contributed by atoms with E-state index >= 15 is 0 Å². The normalized spacial score (nSPS) is 14.4. The van der Waals surface area contributed by atoms with Crippen molar-refractivity contribution in [1.29, 1.82) is 0 Å². The van der Waals surface area contributed by atoms with Crippen molar-refractivity contribution in [2.24, 2.45) is 15.0 Å². The molecule has 39 heavy (non-hydrogen) atoms. The first-order valence-electron chi connectivity index (χ1n) is 11.5. The summed E-state index contributed by atoms with van der Waals surface area (Å²) < 4.78 is 52.6. The van der Waals surface area contributed by atoms with Crippen molar-refractivity contribution in [3.05, 3.63) is 76.8 Å². The van der Waals surface area contributed by atoms with Gasteiger partial charge < -0.3 is 12.0 Å². The van der Waals surface area contributed by atoms with Gasteiger partial charge in [0.05, 0.1) is 45.6 Å². The van der Waals surface area contributed by atoms with E-state index in [1.54, 1.807) is 0 Å². The van der Waals surface area contributed by atoms with Gasteiger partial charge in [0.1, 0.15) is 0 Å². The van der Waals surface area contributed by atoms with Crippen molar-refractivity contribution < 1.29 is 43.2 Å². The van der Waals surface area contributed by atoms with Crippen molar-refractivity contribution >= 4 is 39.9 Å². The Morgan fingerprint density at radius 2 is 1.26 bits per heavy atom. The van der Waals surface area contributed by atoms with Gasteiger partial charge in [0.15, 0.2) is 0 Å². The molecule has 0 bridgehead atoms. The van der Waals surface area contributed by atoms with Crippen LogP contribution < -0.4 is 0 Å². The van der Waals surface area contributed by atoms with Crippen LogP contribution in [-0.4, -0.2) is 32.3 Å². The average molecular weight is 606 g/mol. The number of aryl methyl sites for hydroxylation is 6. The molecular formula is C28H34F3FeN3O3S. The Kier molecular flexibility index (Phi) is 14.4. The average Bonchev–Trinajstić information content (AvgIpc) is 3.22. The fourth-order valence-electron chi connectivity index (χ4n) is 4.12. The minimum Gasteiger partial charge on any atom is -0.750 e. The Morgan fingerprint density at radius 1 is 0.872 bits per heavy atom. The molecule has 214 valence electrons. The van der Waals surface area contributed by atoms with Crippen molar-refractivity contribution in [1.82, 2.24) is 0 Å². The number of nitrogens with zero attached hydrogens (tertiary/aromatic N) is 3. The maximum absolute atomic E-state index is 10.7. The maximum Gasteiger partial charge on any atom is 2.00 e. The first kappa shape index (κ1) is 36.6. The van der Waals surface area contributed by atoms with Gasteiger partial charge in [-0.15, -0.1) is 13.2 Å². The zero-order chi connectivity index (χ0) is 28.1. The van der Waals surface area contributed by atoms with Crippen LogP contribution in [0.3, 0.4) is 0 Å². The molecule has 0 spiro atoms. The molecule has 6 nitrogen and oxygen atoms in total. The van der Waals surface area contributed by atoms with Crippen LogP contribution in [0, 0.1) is 49.0 Å². The Bertz CT molecular complexity index is 1290. The van der Waals surface area contributed by atoms with Crippen LogP contribution in [0.15, 0.2) is 51.0 Å². The molecule has 0 fully saturated rings. The maximum atomic E-state index is 10.7. The minimum absolute atomic E-state index is 0. The summed E-state index contributed by atoms with van der Waals surface area (Å²) in [5.41, 5.74) is 13.4. The van der Waals surface area contributed by atoms with Crippen LogP contribution in [0.1, 0.15) is 53.6 Å². The van der Waals surface area contributed by atoms with Crippen LogP contribution in [0.2, 0.25) is 0 Å². The topological polar surface area (TPSA) is 86.4 Å². The molecule has 0 aromatic heterocycles. The fourth-order valence-corrected chi connectivity index (χ4v) is 4.27. The molecule has 0 saturated carbocycles. The van der Waals surface area contributed by atoms with Crippen LogP contribution in [0.25, 0.3) is 0 Å². The number of hydrogen-bond donors (Lipinski definition) is 0. The Hall–Kier alpha value is -2.43. The summed E-state index contributed by atoms with van der Waals surface area (Å²) in [4.78, 5) is 14.7. The van der Waals surface area contributed by atoms with E-state index in [-0.39, 0.29) is 24.5 Å². The van der Waals surface area contributed by atoms with E-state index in [0.717, 1.165) is 40.6 Å². The Labute approximate surface area is 242 Å². The number of rotatable bonds is 5. The monoisotopic (exact) mass is 605 g/mol. The van der Waals surface area contributed by atoms with Gasteiger partial charge in [-0.05, 0) is 77.6 Å². The molecule has 1 aliphatic rings. The molecule has 3 rings (SSSR count). The number of alkyl halides is 3. The summed E-state index contributed by atoms with van der Waals surface area (Å²) in [6.45, 7) is 16.8. The second kappa shape index (κ2) is 15.4. The van der Waals surface area contributed by atoms with Gasteiger partial charge in [0.2, 0.25) is 0 Å². The number of aliphatic imine (C=N–C) groups is 3. The third-order valence-electron chi connectivity index (χ3n) is 5.52. The molecule has 0 N–H and O–H groups in total. The number of allylic oxidation sites excluding steroid dienone is 2. The van der Waals surface area contributed by atoms with Crippen molar-refractivity contribution in [2.75, 3.05) is 0 Å². The molecule has 1 atom stereocenters. The molecule has 2 aromatic rings. The Morgan fingerprint density at radius 3 is 1.59 bits per heavy atom. The molecule has 1 aliphatic heterocycles. The summed E-state index contributed by atoms with van der Waals surface area (Å²) in [7, 11) is 0. The molecule has 0 aliphatic carbocycles. The summed E-state index contributed by atoms with van der Waals surface area (Å²) in [5, 5.41) is 0. The van der Waals surface area contributed by atoms with Gasteiger partial charge in [0.25, 0.3) is 0 Å². The number of hydrogen-bond acceptors (Lipinski definition) is 6. The van der Waals surface area contributed by atoms with Crippen LogP contribution >= 0.6 is 0 Å². The third-order valence-corrected chi connectivity index (χ3v) is 5.85. The largest absolute Gasteiger partial charge is 2.00 e. The van der Waals surface area contributed by atoms with Gasteiger partial charge >= 0.3 is 23.4 Å². The van der Waals surface area contributed by atoms with Gasteiger partial charge in [-0.3, -0.25) is 9.98 Å². The van der Waals surface area contributed by atoms with E-state index in [1.807, 2.05) is 6.92 Å². The van der Waals surface area contributed by atoms with Gasteiger partial charge in [0, 0.05) is 6.42 Å². The smallest absolute Gasteiger partial charge is 0.750 e. The predicted octanol–water partition coefficient (Wildman–Crippen LogP) is 7.92. The second-order valence-electron chi connectivity index (χ2n) is 8.97. The van der Waals surface area contributed by atoms with E-state index < -0.39 is 17.7 Å². The van der Waals surface area contributed by atoms with Crippen molar-refractivity contribution in [2.45, 2.75) is 68.2 Å². The zero-order valence-electron chi connectivity index (χ0n) is 23.6. The number of halogens is 3. The van der Waals surface area contributed by atoms with Crippen LogP contribution in [0.5, 0.6) is 0 Å². The molecule has 0 amide bonds. The van der Waals surface area contributed by atoms with Crippen LogP contribution in [-0.2, 0) is 32.6 Å². The summed E-state index contributed by atoms with van der Waals surface area (Å²) in [6, 6.07) is 8.73. The molecule has 1 unspecified atom stereocenters. The molecule has 0 radical (unpaired) electrons. The fraction of sp³-hybridized carbons (Fsp3) is 0.357. The molecule has 11 heteroatoms. The standard InChI is InChI=1S/C26H31N3.CHF3O3S.CH3.Fe/c1-15-11-17(3)25(18(4)12-15)27-21(7)23-9-10-24(29-23)22(8)28-26-19(5)13-16(2)14-20(26)6;2-1(3,4)7-8(5)6;;/h9,11-14H,10H2,1-8H3;(H,5,6);1H3;/q;;-1;+2/p-1. The van der Waals surface area contributed by atoms with Gasteiger partial charge in [-0.2, -0.15) is 0 Å². The van der Waals surface area contributed by atoms with Gasteiger partial charge in [-0.25, -0.2) is 13.4 Å². The third kappa shape index (κ3) is 11.3. The molecule has 0 saturated heterocycles. The first-order chi connectivity index (χ1) is 17.1. The Balaban J connectivity index is 0.00000126. The first-order valence-corrected chi connectivity index (χ1v) is 12.5. The predicted molar refractivity (Wildman–Crippen MR) is 149 cm³/mol. The minimum atomic E-state index is -5.09. The van der Waals surface area contributed by atoms with Gasteiger partial charge in [-0.1, -0.05) is 41.5 Å². The molecule has 2 aromatic carbocycles. The second-order valence-corrected chi connectivity index (χ2v) is 9.55. The van der Waals surface area contributed by atoms with E-state index in [9.17, 15) is 13.2 Å². The van der Waals surface area contributed by atoms with Crippen molar-refractivity contribution in [3.8, 4) is 0 Å². The number of benzene rings is 2. The summed E-state index contributed by atoms with van der Waals surface area (Å²) in [6.07, 6.45) is -2.14. The molecular weight excluding hydrogens is 571 g/mol. The quantitative estimate of drug-likeness (QED) is 0.150. The van der Waals surface area contributed by atoms with Crippen LogP contribution in [0.4, 0.5) is 24.5 Å². The SMILES string of the molecule is CC(=Nc1c(C)cc(C)cc1C)C1=CCC(C(C)=Nc2c(C)cc(C)cc2C)=N1.O=S([O-])OC(F)(F)F.[CH3-].[Fe+2]. The van der Waals surface area contributed by atoms with E-state index in [4.69, 9.17) is 23.7 Å². The zero-order valence-corrected chi connectivity index (χ0v) is 25.5. The molecule has 1 heterocycles. The van der Waals surface area contributed by atoms with Crippen molar-refractivity contribution in [3.63, 3.8) is 0 Å².